The smallest absolute Gasteiger partial charge is 0.170 e. The van der Waals surface area contributed by atoms with Crippen LogP contribution in [0.3, 0.4) is 0 Å². The Labute approximate surface area is 110 Å². The van der Waals surface area contributed by atoms with Crippen molar-refractivity contribution in [3.8, 4) is 0 Å². The van der Waals surface area contributed by atoms with Gasteiger partial charge in [-0.1, -0.05) is 6.07 Å². The molecule has 4 rings (SSSR count). The molecule has 0 aliphatic carbocycles. The summed E-state index contributed by atoms with van der Waals surface area (Å²) in [5.74, 6) is 0.980. The number of hydrogen-bond donors (Lipinski definition) is 0. The number of fused-ring (bicyclic) bond motifs is 3. The summed E-state index contributed by atoms with van der Waals surface area (Å²) in [7, 11) is 0. The quantitative estimate of drug-likeness (QED) is 0.667. The summed E-state index contributed by atoms with van der Waals surface area (Å²) in [4.78, 5) is 15.9. The van der Waals surface area contributed by atoms with Gasteiger partial charge in [-0.05, 0) is 31.4 Å². The summed E-state index contributed by atoms with van der Waals surface area (Å²) in [5.41, 5.74) is 2.73. The van der Waals surface area contributed by atoms with Crippen LogP contribution in [0, 0.1) is 0 Å². The first-order valence-electron chi connectivity index (χ1n) is 6.76. The SMILES string of the molecule is c1ccn2c(c1)nc1c(N3CCCCC3)ncnc12. The summed E-state index contributed by atoms with van der Waals surface area (Å²) in [6.45, 7) is 2.14. The van der Waals surface area contributed by atoms with E-state index in [2.05, 4.69) is 19.9 Å². The van der Waals surface area contributed by atoms with E-state index in [1.165, 1.54) is 19.3 Å². The number of hydrogen-bond acceptors (Lipinski definition) is 4. The molecule has 0 aromatic carbocycles. The zero-order valence-electron chi connectivity index (χ0n) is 10.7. The van der Waals surface area contributed by atoms with Gasteiger partial charge in [0.15, 0.2) is 17.0 Å². The van der Waals surface area contributed by atoms with E-state index in [4.69, 9.17) is 0 Å². The zero-order valence-corrected chi connectivity index (χ0v) is 10.7. The Morgan fingerprint density at radius 1 is 1.00 bits per heavy atom. The minimum atomic E-state index is 0.895. The highest BCUT2D eigenvalue weighted by molar-refractivity contribution is 5.86. The molecule has 1 fully saturated rings. The zero-order chi connectivity index (χ0) is 12.7. The highest BCUT2D eigenvalue weighted by atomic mass is 15.2. The molecule has 5 heteroatoms. The minimum absolute atomic E-state index is 0.895. The fourth-order valence-electron chi connectivity index (χ4n) is 2.79. The highest BCUT2D eigenvalue weighted by Gasteiger charge is 2.18. The maximum absolute atomic E-state index is 4.69. The topological polar surface area (TPSA) is 46.3 Å². The number of nitrogens with zero attached hydrogens (tertiary/aromatic N) is 5. The van der Waals surface area contributed by atoms with Crippen LogP contribution >= 0.6 is 0 Å². The Kier molecular flexibility index (Phi) is 2.36. The average molecular weight is 253 g/mol. The van der Waals surface area contributed by atoms with Gasteiger partial charge in [0.2, 0.25) is 0 Å². The fraction of sp³-hybridized carbons (Fsp3) is 0.357. The first kappa shape index (κ1) is 10.7. The molecule has 0 N–H and O–H groups in total. The van der Waals surface area contributed by atoms with Crippen LogP contribution in [0.4, 0.5) is 5.82 Å². The minimum Gasteiger partial charge on any atom is -0.355 e. The number of piperidine rings is 1. The predicted molar refractivity (Wildman–Crippen MR) is 74.4 cm³/mol. The van der Waals surface area contributed by atoms with Gasteiger partial charge in [-0.2, -0.15) is 0 Å². The van der Waals surface area contributed by atoms with E-state index in [9.17, 15) is 0 Å². The van der Waals surface area contributed by atoms with Crippen LogP contribution in [0.2, 0.25) is 0 Å². The lowest BCUT2D eigenvalue weighted by Gasteiger charge is -2.27. The summed E-state index contributed by atoms with van der Waals surface area (Å²) >= 11 is 0. The molecule has 1 saturated heterocycles. The van der Waals surface area contributed by atoms with Crippen LogP contribution in [-0.4, -0.2) is 32.4 Å². The molecule has 0 atom stereocenters. The first-order chi connectivity index (χ1) is 9.43. The van der Waals surface area contributed by atoms with Crippen molar-refractivity contribution in [3.63, 3.8) is 0 Å². The Morgan fingerprint density at radius 3 is 2.79 bits per heavy atom. The van der Waals surface area contributed by atoms with Gasteiger partial charge in [-0.15, -0.1) is 0 Å². The van der Waals surface area contributed by atoms with Crippen LogP contribution < -0.4 is 4.90 Å². The molecule has 3 aromatic rings. The Balaban J connectivity index is 1.95. The van der Waals surface area contributed by atoms with Crippen molar-refractivity contribution in [2.45, 2.75) is 19.3 Å². The lowest BCUT2D eigenvalue weighted by molar-refractivity contribution is 0.574. The Bertz CT molecular complexity index is 727. The lowest BCUT2D eigenvalue weighted by atomic mass is 10.1. The van der Waals surface area contributed by atoms with E-state index in [0.29, 0.717) is 0 Å². The van der Waals surface area contributed by atoms with Gasteiger partial charge in [-0.3, -0.25) is 4.40 Å². The third-order valence-corrected chi connectivity index (χ3v) is 3.73. The number of anilines is 1. The van der Waals surface area contributed by atoms with Gasteiger partial charge >= 0.3 is 0 Å². The van der Waals surface area contributed by atoms with Crippen LogP contribution in [-0.2, 0) is 0 Å². The molecule has 0 bridgehead atoms. The van der Waals surface area contributed by atoms with E-state index in [-0.39, 0.29) is 0 Å². The molecule has 0 spiro atoms. The maximum atomic E-state index is 4.69. The van der Waals surface area contributed by atoms with Gasteiger partial charge in [0, 0.05) is 19.3 Å². The Hall–Kier alpha value is -2.17. The van der Waals surface area contributed by atoms with E-state index >= 15 is 0 Å². The third kappa shape index (κ3) is 1.65. The molecule has 1 aliphatic rings. The normalized spacial score (nSPS) is 16.3. The van der Waals surface area contributed by atoms with Crippen molar-refractivity contribution in [2.75, 3.05) is 18.0 Å². The van der Waals surface area contributed by atoms with Crippen LogP contribution in [0.1, 0.15) is 19.3 Å². The summed E-state index contributed by atoms with van der Waals surface area (Å²) < 4.78 is 2.02. The van der Waals surface area contributed by atoms with Crippen LogP contribution in [0.15, 0.2) is 30.7 Å². The monoisotopic (exact) mass is 253 g/mol. The molecule has 96 valence electrons. The van der Waals surface area contributed by atoms with Gasteiger partial charge in [-0.25, -0.2) is 15.0 Å². The molecule has 4 heterocycles. The molecule has 19 heavy (non-hydrogen) atoms. The molecule has 0 saturated carbocycles. The van der Waals surface area contributed by atoms with Gasteiger partial charge < -0.3 is 4.90 Å². The van der Waals surface area contributed by atoms with Crippen molar-refractivity contribution >= 4 is 22.6 Å². The first-order valence-corrected chi connectivity index (χ1v) is 6.76. The molecule has 5 nitrogen and oxygen atoms in total. The molecule has 0 amide bonds. The second-order valence-electron chi connectivity index (χ2n) is 4.96. The van der Waals surface area contributed by atoms with Crippen molar-refractivity contribution in [1.29, 1.82) is 0 Å². The van der Waals surface area contributed by atoms with Crippen molar-refractivity contribution < 1.29 is 0 Å². The molecule has 3 aromatic heterocycles. The van der Waals surface area contributed by atoms with Gasteiger partial charge in [0.1, 0.15) is 12.0 Å². The van der Waals surface area contributed by atoms with Gasteiger partial charge in [0.25, 0.3) is 0 Å². The lowest BCUT2D eigenvalue weighted by Crippen LogP contribution is -2.30. The van der Waals surface area contributed by atoms with E-state index in [0.717, 1.165) is 35.7 Å². The third-order valence-electron chi connectivity index (χ3n) is 3.73. The van der Waals surface area contributed by atoms with Crippen LogP contribution in [0.5, 0.6) is 0 Å². The molecular weight excluding hydrogens is 238 g/mol. The summed E-state index contributed by atoms with van der Waals surface area (Å²) in [6, 6.07) is 5.99. The molecule has 0 unspecified atom stereocenters. The Morgan fingerprint density at radius 2 is 1.89 bits per heavy atom. The number of imidazole rings is 1. The van der Waals surface area contributed by atoms with Crippen LogP contribution in [0.25, 0.3) is 16.8 Å². The van der Waals surface area contributed by atoms with Crippen molar-refractivity contribution in [2.24, 2.45) is 0 Å². The number of pyridine rings is 1. The second kappa shape index (κ2) is 4.19. The molecular formula is C14H15N5. The second-order valence-corrected chi connectivity index (χ2v) is 4.96. The molecule has 1 aliphatic heterocycles. The summed E-state index contributed by atoms with van der Waals surface area (Å²) in [6.07, 6.45) is 7.43. The average Bonchev–Trinajstić information content (AvgIpc) is 2.87. The maximum Gasteiger partial charge on any atom is 0.170 e. The highest BCUT2D eigenvalue weighted by Crippen LogP contribution is 2.25. The number of aromatic nitrogens is 4. The number of rotatable bonds is 1. The van der Waals surface area contributed by atoms with E-state index in [1.807, 2.05) is 28.8 Å². The van der Waals surface area contributed by atoms with Gasteiger partial charge in [0.05, 0.1) is 0 Å². The van der Waals surface area contributed by atoms with Crippen molar-refractivity contribution in [1.82, 2.24) is 19.4 Å². The fourth-order valence-corrected chi connectivity index (χ4v) is 2.79. The standard InChI is InChI=1S/C14H15N5/c1-3-7-18(8-4-1)13-12-14(16-10-15-13)19-9-5-2-6-11(19)17-12/h2,5-6,9-10H,1,3-4,7-8H2. The van der Waals surface area contributed by atoms with E-state index < -0.39 is 0 Å². The molecule has 0 radical (unpaired) electrons. The van der Waals surface area contributed by atoms with E-state index in [1.54, 1.807) is 6.33 Å². The predicted octanol–water partition coefficient (Wildman–Crippen LogP) is 2.27. The summed E-state index contributed by atoms with van der Waals surface area (Å²) in [5, 5.41) is 0. The van der Waals surface area contributed by atoms with Crippen molar-refractivity contribution in [3.05, 3.63) is 30.7 Å². The largest absolute Gasteiger partial charge is 0.355 e.